The Bertz CT molecular complexity index is 1100. The van der Waals surface area contributed by atoms with E-state index in [1.54, 1.807) is 0 Å². The lowest BCUT2D eigenvalue weighted by Gasteiger charge is -2.42. The zero-order valence-electron chi connectivity index (χ0n) is 19.2. The second kappa shape index (κ2) is 8.78. The van der Waals surface area contributed by atoms with Gasteiger partial charge in [-0.1, -0.05) is 78.5 Å². The lowest BCUT2D eigenvalue weighted by molar-refractivity contribution is 0.404. The second-order valence-corrected chi connectivity index (χ2v) is 10.4. The molecule has 6 aliphatic rings. The summed E-state index contributed by atoms with van der Waals surface area (Å²) < 4.78 is 0. The molecule has 5 unspecified atom stereocenters. The number of allylic oxidation sites excluding steroid dienone is 18. The molecule has 0 spiro atoms. The van der Waals surface area contributed by atoms with Gasteiger partial charge in [0.2, 0.25) is 0 Å². The molecule has 0 aromatic rings. The third-order valence-electron chi connectivity index (χ3n) is 8.51. The molecule has 0 heterocycles. The number of hydrogen-bond donors (Lipinski definition) is 2. The fourth-order valence-electron chi connectivity index (χ4n) is 6.99. The van der Waals surface area contributed by atoms with Crippen LogP contribution in [0.15, 0.2) is 106 Å². The molecule has 2 nitrogen and oxygen atoms in total. The molecule has 0 aromatic heterocycles. The van der Waals surface area contributed by atoms with E-state index in [4.69, 9.17) is 0 Å². The molecule has 0 bridgehead atoms. The Labute approximate surface area is 198 Å². The molecule has 0 saturated carbocycles. The molecule has 6 rings (SSSR count). The van der Waals surface area contributed by atoms with E-state index in [9.17, 15) is 10.0 Å². The van der Waals surface area contributed by atoms with Crippen molar-refractivity contribution in [2.24, 2.45) is 29.6 Å². The van der Waals surface area contributed by atoms with Crippen molar-refractivity contribution < 1.29 is 10.0 Å². The van der Waals surface area contributed by atoms with E-state index in [0.717, 1.165) is 48.7 Å². The number of rotatable bonds is 3. The van der Waals surface area contributed by atoms with Crippen molar-refractivity contribution in [1.29, 1.82) is 0 Å². The van der Waals surface area contributed by atoms with Gasteiger partial charge in [-0.3, -0.25) is 0 Å². The van der Waals surface area contributed by atoms with Crippen LogP contribution >= 0.6 is 0 Å². The molecule has 5 atom stereocenters. The van der Waals surface area contributed by atoms with E-state index < -0.39 is 7.12 Å². The molecule has 0 radical (unpaired) electrons. The highest BCUT2D eigenvalue weighted by molar-refractivity contribution is 6.53. The maximum atomic E-state index is 10.3. The van der Waals surface area contributed by atoms with Crippen molar-refractivity contribution in [1.82, 2.24) is 0 Å². The fourth-order valence-corrected chi connectivity index (χ4v) is 6.99. The molecule has 0 aromatic carbocycles. The summed E-state index contributed by atoms with van der Waals surface area (Å²) in [4.78, 5) is 0. The predicted octanol–water partition coefficient (Wildman–Crippen LogP) is 6.12. The minimum Gasteiger partial charge on any atom is -0.423 e. The summed E-state index contributed by atoms with van der Waals surface area (Å²) in [6.45, 7) is 0. The van der Waals surface area contributed by atoms with Gasteiger partial charge in [0.25, 0.3) is 0 Å². The Hall–Kier alpha value is -2.36. The minimum absolute atomic E-state index is 0.329. The second-order valence-electron chi connectivity index (χ2n) is 10.4. The Morgan fingerprint density at radius 3 is 2.58 bits per heavy atom. The van der Waals surface area contributed by atoms with Gasteiger partial charge >= 0.3 is 7.12 Å². The number of hydrogen-bond acceptors (Lipinski definition) is 2. The van der Waals surface area contributed by atoms with Crippen molar-refractivity contribution in [3.63, 3.8) is 0 Å². The summed E-state index contributed by atoms with van der Waals surface area (Å²) in [5.74, 6) is 2.33. The molecule has 0 saturated heterocycles. The summed E-state index contributed by atoms with van der Waals surface area (Å²) in [7, 11) is -1.42. The van der Waals surface area contributed by atoms with Gasteiger partial charge in [0, 0.05) is 17.8 Å². The van der Waals surface area contributed by atoms with Gasteiger partial charge in [-0.25, -0.2) is 0 Å². The largest absolute Gasteiger partial charge is 0.489 e. The highest BCUT2D eigenvalue weighted by Gasteiger charge is 2.41. The van der Waals surface area contributed by atoms with E-state index in [0.29, 0.717) is 29.6 Å². The Morgan fingerprint density at radius 1 is 0.788 bits per heavy atom. The first kappa shape index (κ1) is 21.2. The molecule has 6 aliphatic carbocycles. The lowest BCUT2D eigenvalue weighted by Crippen LogP contribution is -2.33. The van der Waals surface area contributed by atoms with Crippen molar-refractivity contribution in [3.8, 4) is 0 Å². The van der Waals surface area contributed by atoms with Crippen LogP contribution in [0.5, 0.6) is 0 Å². The summed E-state index contributed by atoms with van der Waals surface area (Å²) in [6.07, 6.45) is 35.7. The van der Waals surface area contributed by atoms with Crippen molar-refractivity contribution in [2.75, 3.05) is 0 Å². The first-order valence-electron chi connectivity index (χ1n) is 12.8. The van der Waals surface area contributed by atoms with Crippen LogP contribution in [0.4, 0.5) is 0 Å². The van der Waals surface area contributed by atoms with E-state index in [1.807, 2.05) is 0 Å². The first-order chi connectivity index (χ1) is 16.2. The normalized spacial score (nSPS) is 34.5. The monoisotopic (exact) mass is 436 g/mol. The maximum absolute atomic E-state index is 10.3. The molecule has 0 fully saturated rings. The van der Waals surface area contributed by atoms with Gasteiger partial charge in [0.1, 0.15) is 0 Å². The van der Waals surface area contributed by atoms with E-state index in [1.165, 1.54) is 29.6 Å². The summed E-state index contributed by atoms with van der Waals surface area (Å²) >= 11 is 0. The quantitative estimate of drug-likeness (QED) is 0.414. The zero-order chi connectivity index (χ0) is 22.4. The summed E-state index contributed by atoms with van der Waals surface area (Å²) in [6, 6.07) is 0. The molecule has 33 heavy (non-hydrogen) atoms. The summed E-state index contributed by atoms with van der Waals surface area (Å²) in [5, 5.41) is 20.6. The van der Waals surface area contributed by atoms with Gasteiger partial charge < -0.3 is 10.0 Å². The molecule has 0 amide bonds. The lowest BCUT2D eigenvalue weighted by atomic mass is 9.56. The molecule has 0 aliphatic heterocycles. The SMILES string of the molecule is OB(O)C1=C2C=CCCC2C(C2=CC(C3=CC4CCC=CC4C=C3)CC=C2)C2=C1C=CCC2. The third-order valence-corrected chi connectivity index (χ3v) is 8.51. The van der Waals surface area contributed by atoms with Gasteiger partial charge in [-0.05, 0) is 84.5 Å². The molecule has 168 valence electrons. The van der Waals surface area contributed by atoms with Crippen LogP contribution in [0.3, 0.4) is 0 Å². The Balaban J connectivity index is 1.39. The molecular weight excluding hydrogens is 403 g/mol. The van der Waals surface area contributed by atoms with E-state index in [-0.39, 0.29) is 0 Å². The highest BCUT2D eigenvalue weighted by Crippen LogP contribution is 2.51. The van der Waals surface area contributed by atoms with Crippen LogP contribution in [0.25, 0.3) is 0 Å². The summed E-state index contributed by atoms with van der Waals surface area (Å²) in [5.41, 5.74) is 7.27. The zero-order valence-corrected chi connectivity index (χ0v) is 19.2. The molecule has 3 heteroatoms. The standard InChI is InChI=1S/C30H33BO2/c32-31(33)30-27-14-5-3-12-25(27)29(26-13-4-6-15-28(26)30)24-11-7-10-22(19-24)23-17-16-20-8-1-2-9-21(20)18-23/h1,5-8,11,14-22,25,29,32-33H,2-4,9-10,12-13H2. The average molecular weight is 436 g/mol. The van der Waals surface area contributed by atoms with Crippen molar-refractivity contribution in [3.05, 3.63) is 106 Å². The van der Waals surface area contributed by atoms with Crippen LogP contribution in [0.1, 0.15) is 44.9 Å². The third kappa shape index (κ3) is 3.76. The fraction of sp³-hybridized carbons (Fsp3) is 0.400. The van der Waals surface area contributed by atoms with Crippen molar-refractivity contribution in [2.45, 2.75) is 44.9 Å². The van der Waals surface area contributed by atoms with Crippen LogP contribution in [0, 0.1) is 29.6 Å². The topological polar surface area (TPSA) is 40.5 Å². The van der Waals surface area contributed by atoms with Crippen LogP contribution in [0.2, 0.25) is 0 Å². The van der Waals surface area contributed by atoms with Crippen molar-refractivity contribution >= 4 is 7.12 Å². The highest BCUT2D eigenvalue weighted by atomic mass is 16.4. The Morgan fingerprint density at radius 2 is 1.67 bits per heavy atom. The van der Waals surface area contributed by atoms with E-state index in [2.05, 4.69) is 72.9 Å². The van der Waals surface area contributed by atoms with Crippen LogP contribution < -0.4 is 0 Å². The first-order valence-corrected chi connectivity index (χ1v) is 12.8. The smallest absolute Gasteiger partial charge is 0.423 e. The number of fused-ring (bicyclic) bond motifs is 2. The predicted molar refractivity (Wildman–Crippen MR) is 136 cm³/mol. The van der Waals surface area contributed by atoms with Gasteiger partial charge in [-0.15, -0.1) is 0 Å². The maximum Gasteiger partial charge on any atom is 0.489 e. The molecule has 2 N–H and O–H groups in total. The van der Waals surface area contributed by atoms with Gasteiger partial charge in [-0.2, -0.15) is 0 Å². The molecular formula is C30H33BO2. The average Bonchev–Trinajstić information content (AvgIpc) is 2.86. The van der Waals surface area contributed by atoms with Gasteiger partial charge in [0.05, 0.1) is 0 Å². The van der Waals surface area contributed by atoms with Gasteiger partial charge in [0.15, 0.2) is 0 Å². The Kier molecular flexibility index (Phi) is 5.64. The van der Waals surface area contributed by atoms with Crippen LogP contribution in [-0.2, 0) is 0 Å². The minimum atomic E-state index is -1.42. The van der Waals surface area contributed by atoms with Crippen LogP contribution in [-0.4, -0.2) is 17.2 Å². The van der Waals surface area contributed by atoms with E-state index >= 15 is 0 Å².